The summed E-state index contributed by atoms with van der Waals surface area (Å²) in [6.45, 7) is 8.04. The minimum Gasteiger partial charge on any atom is -0.493 e. The van der Waals surface area contributed by atoms with E-state index in [9.17, 15) is 9.59 Å². The van der Waals surface area contributed by atoms with E-state index in [-0.39, 0.29) is 19.1 Å². The van der Waals surface area contributed by atoms with Crippen LogP contribution in [0.2, 0.25) is 0 Å². The fourth-order valence-corrected chi connectivity index (χ4v) is 4.75. The van der Waals surface area contributed by atoms with E-state index in [1.54, 1.807) is 13.1 Å². The van der Waals surface area contributed by atoms with Crippen molar-refractivity contribution in [3.63, 3.8) is 0 Å². The lowest BCUT2D eigenvalue weighted by Crippen LogP contribution is -2.28. The molecular formula is C35H36N4O5. The van der Waals surface area contributed by atoms with Gasteiger partial charge in [-0.1, -0.05) is 24.3 Å². The molecule has 5 rings (SSSR count). The maximum absolute atomic E-state index is 12.6. The topological polar surface area (TPSA) is 105 Å². The Hall–Kier alpha value is -5.18. The van der Waals surface area contributed by atoms with Crippen LogP contribution in [0.15, 0.2) is 91.3 Å². The van der Waals surface area contributed by atoms with Gasteiger partial charge in [-0.2, -0.15) is 0 Å². The van der Waals surface area contributed by atoms with Crippen molar-refractivity contribution in [1.82, 2.24) is 14.5 Å². The molecule has 226 valence electrons. The Morgan fingerprint density at radius 1 is 0.977 bits per heavy atom. The average molecular weight is 593 g/mol. The van der Waals surface area contributed by atoms with Crippen molar-refractivity contribution in [3.05, 3.63) is 103 Å². The zero-order chi connectivity index (χ0) is 31.1. The first kappa shape index (κ1) is 30.3. The molecule has 0 bridgehead atoms. The van der Waals surface area contributed by atoms with Gasteiger partial charge in [-0.25, -0.2) is 9.78 Å². The Labute approximate surface area is 256 Å². The van der Waals surface area contributed by atoms with E-state index in [1.807, 2.05) is 104 Å². The lowest BCUT2D eigenvalue weighted by atomic mass is 10.1. The van der Waals surface area contributed by atoms with Gasteiger partial charge in [0.15, 0.2) is 0 Å². The number of para-hydroxylation sites is 1. The van der Waals surface area contributed by atoms with Gasteiger partial charge in [-0.15, -0.1) is 0 Å². The van der Waals surface area contributed by atoms with Crippen molar-refractivity contribution in [1.29, 1.82) is 0 Å². The number of nitrogens with zero attached hydrogens (tertiary/aromatic N) is 3. The summed E-state index contributed by atoms with van der Waals surface area (Å²) in [5, 5.41) is 4.95. The van der Waals surface area contributed by atoms with Crippen LogP contribution in [0.4, 0.5) is 5.82 Å². The molecule has 9 nitrogen and oxygen atoms in total. The number of hydrogen-bond donors (Lipinski definition) is 1. The third-order valence-electron chi connectivity index (χ3n) is 6.62. The van der Waals surface area contributed by atoms with Crippen molar-refractivity contribution in [2.45, 2.75) is 39.7 Å². The third-order valence-corrected chi connectivity index (χ3v) is 6.62. The van der Waals surface area contributed by atoms with Gasteiger partial charge in [0.1, 0.15) is 23.7 Å². The number of hydrogen-bond acceptors (Lipinski definition) is 8. The predicted molar refractivity (Wildman–Crippen MR) is 171 cm³/mol. The van der Waals surface area contributed by atoms with Crippen molar-refractivity contribution < 1.29 is 23.8 Å². The Kier molecular flexibility index (Phi) is 9.23. The number of carbonyl (C=O) groups excluding carboxylic acids is 2. The summed E-state index contributed by atoms with van der Waals surface area (Å²) < 4.78 is 18.6. The van der Waals surface area contributed by atoms with Gasteiger partial charge in [0.2, 0.25) is 0 Å². The number of anilines is 1. The highest BCUT2D eigenvalue weighted by Gasteiger charge is 2.16. The minimum absolute atomic E-state index is 0.0396. The summed E-state index contributed by atoms with van der Waals surface area (Å²) >= 11 is 0. The Bertz CT molecular complexity index is 1820. The predicted octanol–water partition coefficient (Wildman–Crippen LogP) is 6.41. The van der Waals surface area contributed by atoms with E-state index in [4.69, 9.17) is 14.2 Å². The molecule has 0 saturated heterocycles. The highest BCUT2D eigenvalue weighted by atomic mass is 16.6. The zero-order valence-corrected chi connectivity index (χ0v) is 25.4. The Morgan fingerprint density at radius 2 is 1.82 bits per heavy atom. The summed E-state index contributed by atoms with van der Waals surface area (Å²) in [5.74, 6) is 0.562. The van der Waals surface area contributed by atoms with Crippen molar-refractivity contribution in [2.75, 3.05) is 25.1 Å². The minimum atomic E-state index is -0.534. The average Bonchev–Trinajstić information content (AvgIpc) is 3.41. The maximum atomic E-state index is 12.6. The molecular weight excluding hydrogens is 556 g/mol. The molecule has 0 aliphatic rings. The number of carbonyl (C=O) groups is 2. The van der Waals surface area contributed by atoms with Crippen LogP contribution < -0.4 is 10.1 Å². The molecule has 0 spiro atoms. The number of pyridine rings is 2. The number of fused-ring (bicyclic) bond motifs is 2. The van der Waals surface area contributed by atoms with Gasteiger partial charge < -0.3 is 24.1 Å². The van der Waals surface area contributed by atoms with E-state index in [0.29, 0.717) is 24.5 Å². The molecule has 0 aliphatic heterocycles. The van der Waals surface area contributed by atoms with Crippen LogP contribution >= 0.6 is 0 Å². The molecule has 5 aromatic rings. The maximum Gasteiger partial charge on any atom is 0.332 e. The second kappa shape index (κ2) is 13.4. The highest BCUT2D eigenvalue weighted by Crippen LogP contribution is 2.29. The number of aromatic nitrogens is 3. The van der Waals surface area contributed by atoms with Crippen LogP contribution in [0.1, 0.15) is 39.0 Å². The molecule has 0 aliphatic carbocycles. The third kappa shape index (κ3) is 7.80. The van der Waals surface area contributed by atoms with E-state index >= 15 is 0 Å². The quantitative estimate of drug-likeness (QED) is 0.139. The number of esters is 2. The highest BCUT2D eigenvalue weighted by molar-refractivity contribution is 5.96. The van der Waals surface area contributed by atoms with Gasteiger partial charge in [-0.05, 0) is 76.2 Å². The molecule has 1 N–H and O–H groups in total. The number of benzene rings is 2. The van der Waals surface area contributed by atoms with Crippen molar-refractivity contribution >= 4 is 45.3 Å². The normalized spacial score (nSPS) is 11.9. The Balaban J connectivity index is 1.28. The standard InChI is InChI=1S/C35H36N4O5/c1-5-42-33(40)21-31(26-19-24-9-6-7-11-29(24)36-22-26)39-17-15-25-20-28(13-14-30(25)39)43-18-16-27-10-8-12-32(38-27)37-23-34(41)44-35(2,3)4/h6-15,17,19-22H,5,16,18,23H2,1-4H3,(H,37,38). The van der Waals surface area contributed by atoms with E-state index in [2.05, 4.69) is 15.3 Å². The van der Waals surface area contributed by atoms with Crippen molar-refractivity contribution in [2.24, 2.45) is 0 Å². The van der Waals surface area contributed by atoms with Crippen LogP contribution in [0.25, 0.3) is 27.5 Å². The van der Waals surface area contributed by atoms with Crippen LogP contribution in [0, 0.1) is 0 Å². The van der Waals surface area contributed by atoms with Crippen LogP contribution in [-0.4, -0.2) is 51.8 Å². The van der Waals surface area contributed by atoms with Crippen LogP contribution in [0.3, 0.4) is 0 Å². The van der Waals surface area contributed by atoms with Crippen LogP contribution in [-0.2, 0) is 25.5 Å². The fraction of sp³-hybridized carbons (Fsp3) is 0.257. The molecule has 9 heteroatoms. The molecule has 2 aromatic carbocycles. The van der Waals surface area contributed by atoms with E-state index in [0.717, 1.165) is 38.8 Å². The zero-order valence-electron chi connectivity index (χ0n) is 25.4. The number of rotatable bonds is 11. The molecule has 0 unspecified atom stereocenters. The molecule has 44 heavy (non-hydrogen) atoms. The summed E-state index contributed by atoms with van der Waals surface area (Å²) in [7, 11) is 0. The summed E-state index contributed by atoms with van der Waals surface area (Å²) in [4.78, 5) is 33.8. The Morgan fingerprint density at radius 3 is 2.64 bits per heavy atom. The number of ether oxygens (including phenoxy) is 3. The lowest BCUT2D eigenvalue weighted by Gasteiger charge is -2.19. The summed E-state index contributed by atoms with van der Waals surface area (Å²) in [6.07, 6.45) is 5.78. The molecule has 0 amide bonds. The van der Waals surface area contributed by atoms with Gasteiger partial charge in [0.05, 0.1) is 29.9 Å². The molecule has 0 saturated carbocycles. The first-order valence-corrected chi connectivity index (χ1v) is 14.6. The lowest BCUT2D eigenvalue weighted by molar-refractivity contribution is -0.152. The largest absolute Gasteiger partial charge is 0.493 e. The molecule has 3 heterocycles. The molecule has 0 radical (unpaired) electrons. The van der Waals surface area contributed by atoms with Gasteiger partial charge in [0.25, 0.3) is 0 Å². The number of nitrogens with one attached hydrogen (secondary N) is 1. The molecule has 0 fully saturated rings. The van der Waals surface area contributed by atoms with E-state index < -0.39 is 11.6 Å². The molecule has 3 aromatic heterocycles. The SMILES string of the molecule is CCOC(=O)C=C(c1cnc2ccccc2c1)n1ccc2cc(OCCc3cccc(NCC(=O)OC(C)(C)C)n3)ccc21. The second-order valence-corrected chi connectivity index (χ2v) is 11.2. The van der Waals surface area contributed by atoms with E-state index in [1.165, 1.54) is 6.08 Å². The fourth-order valence-electron chi connectivity index (χ4n) is 4.75. The summed E-state index contributed by atoms with van der Waals surface area (Å²) in [6, 6.07) is 23.3. The van der Waals surface area contributed by atoms with Gasteiger partial charge in [-0.3, -0.25) is 9.78 Å². The van der Waals surface area contributed by atoms with Gasteiger partial charge >= 0.3 is 11.9 Å². The van der Waals surface area contributed by atoms with Crippen LogP contribution in [0.5, 0.6) is 5.75 Å². The first-order chi connectivity index (χ1) is 21.2. The monoisotopic (exact) mass is 592 g/mol. The second-order valence-electron chi connectivity index (χ2n) is 11.2. The van der Waals surface area contributed by atoms with Gasteiger partial charge in [0, 0.05) is 46.9 Å². The smallest absolute Gasteiger partial charge is 0.332 e. The van der Waals surface area contributed by atoms with Crippen molar-refractivity contribution in [3.8, 4) is 5.75 Å². The molecule has 0 atom stereocenters. The summed E-state index contributed by atoms with van der Waals surface area (Å²) in [5.41, 5.74) is 3.55. The first-order valence-electron chi connectivity index (χ1n) is 14.6.